The summed E-state index contributed by atoms with van der Waals surface area (Å²) in [6.07, 6.45) is 5.48. The van der Waals surface area contributed by atoms with Gasteiger partial charge in [0.05, 0.1) is 16.5 Å². The first-order chi connectivity index (χ1) is 18.0. The molecule has 9 heteroatoms. The summed E-state index contributed by atoms with van der Waals surface area (Å²) >= 11 is 6.16. The first kappa shape index (κ1) is 24.6. The van der Waals surface area contributed by atoms with Crippen molar-refractivity contribution in [1.82, 2.24) is 24.6 Å². The maximum Gasteiger partial charge on any atom is 0.246 e. The molecule has 2 aromatic heterocycles. The lowest BCUT2D eigenvalue weighted by Gasteiger charge is -2.32. The predicted octanol–water partition coefficient (Wildman–Crippen LogP) is 4.89. The van der Waals surface area contributed by atoms with E-state index >= 15 is 0 Å². The van der Waals surface area contributed by atoms with Crippen LogP contribution >= 0.6 is 11.6 Å². The molecule has 5 rings (SSSR count). The Bertz CT molecular complexity index is 1480. The zero-order chi connectivity index (χ0) is 25.9. The first-order valence-corrected chi connectivity index (χ1v) is 12.6. The van der Waals surface area contributed by atoms with Crippen molar-refractivity contribution in [1.29, 1.82) is 0 Å². The first-order valence-electron chi connectivity index (χ1n) is 12.2. The number of carbonyl (C=O) groups excluding carboxylic acids is 2. The van der Waals surface area contributed by atoms with Gasteiger partial charge in [-0.3, -0.25) is 9.59 Å². The molecule has 188 valence electrons. The molecule has 4 aromatic rings. The quantitative estimate of drug-likeness (QED) is 0.278. The number of nitrogens with zero attached hydrogens (tertiary/aromatic N) is 5. The number of aryl methyl sites for hydroxylation is 1. The highest BCUT2D eigenvalue weighted by Crippen LogP contribution is 2.34. The smallest absolute Gasteiger partial charge is 0.246 e. The number of Topliss-reactive ketones (excluding diaryl/α,β-unsaturated/α-hetero) is 1. The van der Waals surface area contributed by atoms with Crippen LogP contribution in [0, 0.1) is 0 Å². The molecule has 0 aliphatic carbocycles. The third kappa shape index (κ3) is 4.97. The highest BCUT2D eigenvalue weighted by atomic mass is 35.5. The van der Waals surface area contributed by atoms with Crippen LogP contribution in [0.25, 0.3) is 22.3 Å². The van der Waals surface area contributed by atoms with Gasteiger partial charge in [-0.1, -0.05) is 54.6 Å². The van der Waals surface area contributed by atoms with Gasteiger partial charge in [0.25, 0.3) is 0 Å². The molecule has 37 heavy (non-hydrogen) atoms. The van der Waals surface area contributed by atoms with Crippen molar-refractivity contribution >= 4 is 40.1 Å². The van der Waals surface area contributed by atoms with E-state index in [1.165, 1.54) is 12.4 Å². The summed E-state index contributed by atoms with van der Waals surface area (Å²) in [5.74, 6) is 0.287. The van der Waals surface area contributed by atoms with Gasteiger partial charge < -0.3 is 10.6 Å². The highest BCUT2D eigenvalue weighted by molar-refractivity contribution is 6.33. The van der Waals surface area contributed by atoms with E-state index in [1.54, 1.807) is 17.0 Å². The van der Waals surface area contributed by atoms with Crippen molar-refractivity contribution in [3.63, 3.8) is 0 Å². The summed E-state index contributed by atoms with van der Waals surface area (Å²) in [5, 5.41) is 6.08. The van der Waals surface area contributed by atoms with Crippen molar-refractivity contribution in [2.45, 2.75) is 31.7 Å². The Kier molecular flexibility index (Phi) is 7.01. The fraction of sp³-hybridized carbons (Fsp3) is 0.250. The van der Waals surface area contributed by atoms with Crippen molar-refractivity contribution in [2.24, 2.45) is 0 Å². The molecule has 1 aliphatic rings. The number of hydrogen-bond donors (Lipinski definition) is 1. The van der Waals surface area contributed by atoms with Gasteiger partial charge in [0.1, 0.15) is 17.8 Å². The van der Waals surface area contributed by atoms with Crippen LogP contribution in [-0.2, 0) is 11.2 Å². The molecule has 0 radical (unpaired) electrons. The van der Waals surface area contributed by atoms with Crippen LogP contribution in [-0.4, -0.2) is 49.4 Å². The van der Waals surface area contributed by atoms with Crippen LogP contribution in [0.15, 0.2) is 67.5 Å². The van der Waals surface area contributed by atoms with E-state index in [1.807, 2.05) is 41.1 Å². The van der Waals surface area contributed by atoms with Crippen LogP contribution in [0.2, 0.25) is 5.02 Å². The Balaban J connectivity index is 1.40. The Morgan fingerprint density at radius 3 is 2.68 bits per heavy atom. The molecular formula is C28H27ClN6O2. The van der Waals surface area contributed by atoms with Crippen molar-refractivity contribution in [3.05, 3.63) is 83.7 Å². The van der Waals surface area contributed by atoms with Crippen molar-refractivity contribution in [2.75, 3.05) is 18.8 Å². The lowest BCUT2D eigenvalue weighted by molar-refractivity contribution is -0.127. The molecule has 0 spiro atoms. The Morgan fingerprint density at radius 1 is 1.14 bits per heavy atom. The number of anilines is 1. The molecule has 1 aliphatic heterocycles. The minimum absolute atomic E-state index is 0.0146. The summed E-state index contributed by atoms with van der Waals surface area (Å²) in [6.45, 7) is 4.84. The van der Waals surface area contributed by atoms with Crippen molar-refractivity contribution in [3.8, 4) is 11.3 Å². The summed E-state index contributed by atoms with van der Waals surface area (Å²) in [4.78, 5) is 35.3. The number of halogens is 1. The third-order valence-corrected chi connectivity index (χ3v) is 7.12. The predicted molar refractivity (Wildman–Crippen MR) is 144 cm³/mol. The molecule has 3 heterocycles. The average Bonchev–Trinajstić information content (AvgIpc) is 3.33. The molecule has 2 aromatic carbocycles. The number of amides is 1. The number of benzene rings is 2. The topological polar surface area (TPSA) is 107 Å². The third-order valence-electron chi connectivity index (χ3n) is 6.79. The fourth-order valence-electron chi connectivity index (χ4n) is 4.84. The molecule has 1 amide bonds. The number of hydrogen-bond acceptors (Lipinski definition) is 6. The van der Waals surface area contributed by atoms with Gasteiger partial charge in [-0.25, -0.2) is 14.6 Å². The Labute approximate surface area is 219 Å². The second kappa shape index (κ2) is 10.5. The summed E-state index contributed by atoms with van der Waals surface area (Å²) in [7, 11) is 0. The monoisotopic (exact) mass is 514 g/mol. The van der Waals surface area contributed by atoms with Gasteiger partial charge in [-0.2, -0.15) is 5.10 Å². The van der Waals surface area contributed by atoms with Gasteiger partial charge in [-0.15, -0.1) is 0 Å². The summed E-state index contributed by atoms with van der Waals surface area (Å²) in [6, 6.07) is 15.0. The maximum atomic E-state index is 12.6. The number of nitrogens with two attached hydrogens (primary N) is 1. The maximum absolute atomic E-state index is 12.6. The van der Waals surface area contributed by atoms with E-state index in [-0.39, 0.29) is 17.7 Å². The SMILES string of the molecule is C=CC(=O)N1CCC[C@@H](n2nc(-c3ccc(CCC(=O)c4ccccc4Cl)cc3)c3c(N)ncnc32)C1. The van der Waals surface area contributed by atoms with Crippen LogP contribution in [0.3, 0.4) is 0 Å². The standard InChI is InChI=1S/C28H27ClN6O2/c1-2-24(37)34-15-5-6-20(16-34)35-28-25(27(30)31-17-32-28)26(33-35)19-12-9-18(10-13-19)11-14-23(36)21-7-3-4-8-22(21)29/h2-4,7-10,12-13,17,20H,1,5-6,11,14-16H2,(H2,30,31,32)/t20-/m1/s1. The molecule has 0 saturated carbocycles. The lowest BCUT2D eigenvalue weighted by Crippen LogP contribution is -2.40. The molecule has 0 bridgehead atoms. The number of fused-ring (bicyclic) bond motifs is 1. The minimum Gasteiger partial charge on any atom is -0.383 e. The Morgan fingerprint density at radius 2 is 1.92 bits per heavy atom. The fourth-order valence-corrected chi connectivity index (χ4v) is 5.09. The van der Waals surface area contributed by atoms with Crippen molar-refractivity contribution < 1.29 is 9.59 Å². The van der Waals surface area contributed by atoms with Gasteiger partial charge in [0, 0.05) is 30.6 Å². The molecule has 1 fully saturated rings. The highest BCUT2D eigenvalue weighted by Gasteiger charge is 2.28. The van der Waals surface area contributed by atoms with Crippen LogP contribution in [0.4, 0.5) is 5.82 Å². The average molecular weight is 515 g/mol. The largest absolute Gasteiger partial charge is 0.383 e. The summed E-state index contributed by atoms with van der Waals surface area (Å²) < 4.78 is 1.88. The molecule has 8 nitrogen and oxygen atoms in total. The molecular weight excluding hydrogens is 488 g/mol. The Hall–Kier alpha value is -4.04. The summed E-state index contributed by atoms with van der Waals surface area (Å²) in [5.41, 5.74) is 10.1. The number of nitrogen functional groups attached to an aromatic ring is 1. The number of piperidine rings is 1. The second-order valence-corrected chi connectivity index (χ2v) is 9.54. The lowest BCUT2D eigenvalue weighted by atomic mass is 10.0. The second-order valence-electron chi connectivity index (χ2n) is 9.14. The number of likely N-dealkylation sites (tertiary alicyclic amines) is 1. The van der Waals surface area contributed by atoms with E-state index in [2.05, 4.69) is 16.5 Å². The van der Waals surface area contributed by atoms with Gasteiger partial charge >= 0.3 is 0 Å². The number of aromatic nitrogens is 4. The van der Waals surface area contributed by atoms with Gasteiger partial charge in [-0.05, 0) is 43.0 Å². The van der Waals surface area contributed by atoms with Gasteiger partial charge in [0.15, 0.2) is 11.4 Å². The van der Waals surface area contributed by atoms with E-state index in [4.69, 9.17) is 22.4 Å². The molecule has 1 saturated heterocycles. The number of rotatable bonds is 7. The zero-order valence-electron chi connectivity index (χ0n) is 20.3. The number of carbonyl (C=O) groups is 2. The van der Waals surface area contributed by atoms with Gasteiger partial charge in [0.2, 0.25) is 5.91 Å². The van der Waals surface area contributed by atoms with E-state index in [9.17, 15) is 9.59 Å². The number of ketones is 1. The van der Waals surface area contributed by atoms with E-state index in [0.717, 1.165) is 24.0 Å². The zero-order valence-corrected chi connectivity index (χ0v) is 21.1. The molecule has 1 atom stereocenters. The van der Waals surface area contributed by atoms with Crippen LogP contribution < -0.4 is 5.73 Å². The van der Waals surface area contributed by atoms with E-state index in [0.29, 0.717) is 59.1 Å². The van der Waals surface area contributed by atoms with Crippen LogP contribution in [0.5, 0.6) is 0 Å². The normalized spacial score (nSPS) is 15.6. The van der Waals surface area contributed by atoms with Crippen LogP contribution in [0.1, 0.15) is 41.2 Å². The minimum atomic E-state index is -0.0841. The molecule has 2 N–H and O–H groups in total. The molecule has 0 unspecified atom stereocenters. The van der Waals surface area contributed by atoms with E-state index < -0.39 is 0 Å².